The van der Waals surface area contributed by atoms with Crippen molar-refractivity contribution in [3.05, 3.63) is 157 Å². The van der Waals surface area contributed by atoms with Gasteiger partial charge in [-0.25, -0.2) is 0 Å². The van der Waals surface area contributed by atoms with E-state index in [9.17, 15) is 5.26 Å². The summed E-state index contributed by atoms with van der Waals surface area (Å²) in [6, 6.07) is 55.7. The third kappa shape index (κ3) is 3.63. The highest BCUT2D eigenvalue weighted by Gasteiger charge is 2.20. The molecule has 4 heteroatoms. The first-order chi connectivity index (χ1) is 23.3. The molecule has 3 heterocycles. The average Bonchev–Trinajstić information content (AvgIpc) is 3.79. The minimum absolute atomic E-state index is 0.548. The van der Waals surface area contributed by atoms with Gasteiger partial charge in [0.05, 0.1) is 27.6 Å². The molecule has 0 aliphatic rings. The van der Waals surface area contributed by atoms with Crippen LogP contribution in [-0.4, -0.2) is 9.13 Å². The van der Waals surface area contributed by atoms with Crippen LogP contribution in [0.4, 0.5) is 0 Å². The molecule has 10 rings (SSSR count). The van der Waals surface area contributed by atoms with E-state index in [0.29, 0.717) is 11.1 Å². The zero-order valence-electron chi connectivity index (χ0n) is 25.2. The molecule has 3 aromatic heterocycles. The van der Waals surface area contributed by atoms with Crippen LogP contribution in [-0.2, 0) is 0 Å². The first-order valence-electron chi connectivity index (χ1n) is 15.8. The van der Waals surface area contributed by atoms with Crippen molar-refractivity contribution in [3.8, 4) is 28.6 Å². The van der Waals surface area contributed by atoms with Crippen LogP contribution in [0, 0.1) is 11.3 Å². The fraction of sp³-hybridized carbons (Fsp3) is 0. The highest BCUT2D eigenvalue weighted by molar-refractivity contribution is 6.27. The fourth-order valence-corrected chi connectivity index (χ4v) is 7.56. The molecule has 0 saturated heterocycles. The van der Waals surface area contributed by atoms with Gasteiger partial charge in [0.25, 0.3) is 0 Å². The number of benzene rings is 7. The molecule has 0 unspecified atom stereocenters. The topological polar surface area (TPSA) is 46.8 Å². The minimum Gasteiger partial charge on any atom is -0.455 e. The summed E-state index contributed by atoms with van der Waals surface area (Å²) in [6.45, 7) is 0. The van der Waals surface area contributed by atoms with Crippen molar-refractivity contribution in [2.24, 2.45) is 0 Å². The van der Waals surface area contributed by atoms with Gasteiger partial charge in [-0.2, -0.15) is 5.26 Å². The van der Waals surface area contributed by atoms with Gasteiger partial charge in [-0.3, -0.25) is 0 Å². The van der Waals surface area contributed by atoms with E-state index in [0.717, 1.165) is 60.7 Å². The Kier molecular flexibility index (Phi) is 5.32. The molecular weight excluding hydrogens is 574 g/mol. The number of fused-ring (bicyclic) bond motifs is 10. The van der Waals surface area contributed by atoms with Crippen LogP contribution in [0.3, 0.4) is 0 Å². The van der Waals surface area contributed by atoms with Gasteiger partial charge in [-0.15, -0.1) is 0 Å². The van der Waals surface area contributed by atoms with Crippen LogP contribution in [0.15, 0.2) is 156 Å². The Morgan fingerprint density at radius 2 is 0.979 bits per heavy atom. The maximum absolute atomic E-state index is 9.77. The Bertz CT molecular complexity index is 2880. The number of nitriles is 1. The molecule has 0 fully saturated rings. The minimum atomic E-state index is 0.548. The summed E-state index contributed by atoms with van der Waals surface area (Å²) in [7, 11) is 0. The van der Waals surface area contributed by atoms with Crippen LogP contribution in [0.1, 0.15) is 5.56 Å². The molecule has 0 aliphatic heterocycles. The summed E-state index contributed by atoms with van der Waals surface area (Å²) in [5.74, 6) is 0. The van der Waals surface area contributed by atoms with Crippen LogP contribution in [0.5, 0.6) is 0 Å². The lowest BCUT2D eigenvalue weighted by atomic mass is 10.0. The Labute approximate surface area is 269 Å². The lowest BCUT2D eigenvalue weighted by molar-refractivity contribution is 0.668. The summed E-state index contributed by atoms with van der Waals surface area (Å²) in [5, 5.41) is 16.6. The number of hydrogen-bond acceptors (Lipinski definition) is 2. The number of aromatic nitrogens is 2. The van der Waals surface area contributed by atoms with Crippen molar-refractivity contribution in [2.75, 3.05) is 0 Å². The quantitative estimate of drug-likeness (QED) is 0.203. The molecular formula is C43H25N3O. The van der Waals surface area contributed by atoms with Crippen molar-refractivity contribution in [2.45, 2.75) is 0 Å². The average molecular weight is 600 g/mol. The van der Waals surface area contributed by atoms with Crippen molar-refractivity contribution in [1.82, 2.24) is 9.13 Å². The van der Waals surface area contributed by atoms with Gasteiger partial charge in [0.2, 0.25) is 0 Å². The number of rotatable bonds is 3. The third-order valence-electron chi connectivity index (χ3n) is 9.54. The van der Waals surface area contributed by atoms with E-state index in [4.69, 9.17) is 4.42 Å². The molecule has 0 spiro atoms. The van der Waals surface area contributed by atoms with Crippen molar-refractivity contribution in [3.63, 3.8) is 0 Å². The highest BCUT2D eigenvalue weighted by atomic mass is 16.3. The van der Waals surface area contributed by atoms with Gasteiger partial charge < -0.3 is 13.6 Å². The summed E-state index contributed by atoms with van der Waals surface area (Å²) in [6.07, 6.45) is 0. The first-order valence-corrected chi connectivity index (χ1v) is 15.8. The zero-order valence-corrected chi connectivity index (χ0v) is 25.2. The monoisotopic (exact) mass is 599 g/mol. The smallest absolute Gasteiger partial charge is 0.153 e. The molecule has 7 aromatic carbocycles. The number of hydrogen-bond donors (Lipinski definition) is 0. The highest BCUT2D eigenvalue weighted by Crippen LogP contribution is 2.42. The third-order valence-corrected chi connectivity index (χ3v) is 9.54. The lowest BCUT2D eigenvalue weighted by Crippen LogP contribution is -1.96. The number of furan rings is 1. The molecule has 0 N–H and O–H groups in total. The predicted molar refractivity (Wildman–Crippen MR) is 193 cm³/mol. The maximum Gasteiger partial charge on any atom is 0.153 e. The van der Waals surface area contributed by atoms with E-state index >= 15 is 0 Å². The van der Waals surface area contributed by atoms with Gasteiger partial charge in [-0.1, -0.05) is 91.0 Å². The lowest BCUT2D eigenvalue weighted by Gasteiger charge is -2.12. The van der Waals surface area contributed by atoms with Gasteiger partial charge in [0, 0.05) is 43.7 Å². The molecule has 0 amide bonds. The summed E-state index contributed by atoms with van der Waals surface area (Å²) in [4.78, 5) is 0. The van der Waals surface area contributed by atoms with E-state index in [1.54, 1.807) is 0 Å². The first kappa shape index (κ1) is 25.7. The van der Waals surface area contributed by atoms with Gasteiger partial charge in [0.15, 0.2) is 5.58 Å². The summed E-state index contributed by atoms with van der Waals surface area (Å²) >= 11 is 0. The van der Waals surface area contributed by atoms with Crippen LogP contribution in [0.25, 0.3) is 88.1 Å². The van der Waals surface area contributed by atoms with Gasteiger partial charge in [-0.05, 0) is 71.8 Å². The fourth-order valence-electron chi connectivity index (χ4n) is 7.56. The maximum atomic E-state index is 9.77. The summed E-state index contributed by atoms with van der Waals surface area (Å²) < 4.78 is 11.0. The predicted octanol–water partition coefficient (Wildman–Crippen LogP) is 11.3. The zero-order chi connectivity index (χ0) is 31.1. The van der Waals surface area contributed by atoms with E-state index in [1.165, 1.54) is 21.8 Å². The number of nitrogens with zero attached hydrogens (tertiary/aromatic N) is 3. The van der Waals surface area contributed by atoms with Gasteiger partial charge in [0.1, 0.15) is 11.7 Å². The molecule has 4 nitrogen and oxygen atoms in total. The van der Waals surface area contributed by atoms with Crippen LogP contribution < -0.4 is 0 Å². The van der Waals surface area contributed by atoms with Crippen molar-refractivity contribution < 1.29 is 4.42 Å². The summed E-state index contributed by atoms with van der Waals surface area (Å²) in [5.41, 5.74) is 11.1. The molecule has 0 bridgehead atoms. The second-order valence-electron chi connectivity index (χ2n) is 12.1. The molecule has 10 aromatic rings. The Morgan fingerprint density at radius 1 is 0.447 bits per heavy atom. The molecule has 0 aliphatic carbocycles. The second-order valence-corrected chi connectivity index (χ2v) is 12.1. The van der Waals surface area contributed by atoms with Crippen LogP contribution >= 0.6 is 0 Å². The molecule has 0 atom stereocenters. The molecule has 0 saturated carbocycles. The Hall–Kier alpha value is -6.57. The molecule has 47 heavy (non-hydrogen) atoms. The molecule has 218 valence electrons. The van der Waals surface area contributed by atoms with E-state index < -0.39 is 0 Å². The van der Waals surface area contributed by atoms with Crippen molar-refractivity contribution in [1.29, 1.82) is 5.26 Å². The Balaban J connectivity index is 1.18. The Morgan fingerprint density at radius 3 is 1.62 bits per heavy atom. The SMILES string of the molecule is N#Cc1cccc2c1oc1ccc3c(c4ccccc4n3-c3cccc(-c4cccc(-n5c6ccccc6c6ccccc65)c4)c3)c12. The number of para-hydroxylation sites is 4. The van der Waals surface area contributed by atoms with E-state index in [-0.39, 0.29) is 0 Å². The second kappa shape index (κ2) is 9.71. The normalized spacial score (nSPS) is 11.8. The largest absolute Gasteiger partial charge is 0.455 e. The van der Waals surface area contributed by atoms with Gasteiger partial charge >= 0.3 is 0 Å². The molecule has 0 radical (unpaired) electrons. The van der Waals surface area contributed by atoms with Crippen molar-refractivity contribution >= 4 is 65.6 Å². The van der Waals surface area contributed by atoms with Crippen LogP contribution in [0.2, 0.25) is 0 Å². The standard InChI is InChI=1S/C43H25N3O/c44-26-29-12-9-18-35-42-40(47-43(29)35)23-22-39-41(42)34-17-3-6-21-38(34)46(39)31-14-8-11-28(25-31)27-10-7-13-30(24-27)45-36-19-4-1-15-32(36)33-16-2-5-20-37(33)45/h1-25H. The van der Waals surface area contributed by atoms with E-state index in [2.05, 4.69) is 149 Å². The van der Waals surface area contributed by atoms with E-state index in [1.807, 2.05) is 18.2 Å².